The maximum atomic E-state index is 12.2. The molecule has 19 heavy (non-hydrogen) atoms. The van der Waals surface area contributed by atoms with E-state index in [0.717, 1.165) is 4.90 Å². The molecular formula is C11H14F3NO4. The van der Waals surface area contributed by atoms with Crippen molar-refractivity contribution in [2.45, 2.75) is 31.5 Å². The van der Waals surface area contributed by atoms with Crippen molar-refractivity contribution in [2.24, 2.45) is 5.41 Å². The molecule has 108 valence electrons. The molecule has 2 fully saturated rings. The first-order valence-corrected chi connectivity index (χ1v) is 5.91. The number of hydrogen-bond acceptors (Lipinski definition) is 3. The van der Waals surface area contributed by atoms with Crippen LogP contribution >= 0.6 is 0 Å². The largest absolute Gasteiger partial charge is 0.481 e. The molecule has 0 aromatic heterocycles. The Kier molecular flexibility index (Phi) is 3.46. The third kappa shape index (κ3) is 2.99. The molecule has 0 radical (unpaired) electrons. The zero-order valence-electron chi connectivity index (χ0n) is 10.1. The Morgan fingerprint density at radius 3 is 2.42 bits per heavy atom. The molecule has 1 atom stereocenters. The molecule has 1 unspecified atom stereocenters. The fraction of sp³-hybridized carbons (Fsp3) is 0.818. The molecular weight excluding hydrogens is 267 g/mol. The minimum Gasteiger partial charge on any atom is -0.481 e. The summed E-state index contributed by atoms with van der Waals surface area (Å²) in [4.78, 5) is 22.2. The van der Waals surface area contributed by atoms with Gasteiger partial charge in [0.2, 0.25) is 0 Å². The van der Waals surface area contributed by atoms with Crippen LogP contribution < -0.4 is 0 Å². The Morgan fingerprint density at radius 1 is 1.37 bits per heavy atom. The number of nitrogens with zero attached hydrogens (tertiary/aromatic N) is 1. The monoisotopic (exact) mass is 281 g/mol. The van der Waals surface area contributed by atoms with Gasteiger partial charge in [-0.2, -0.15) is 13.2 Å². The summed E-state index contributed by atoms with van der Waals surface area (Å²) in [6, 6.07) is 0. The Morgan fingerprint density at radius 2 is 2.00 bits per heavy atom. The zero-order valence-corrected chi connectivity index (χ0v) is 10.1. The third-order valence-electron chi connectivity index (χ3n) is 3.61. The molecule has 0 aromatic carbocycles. The molecule has 2 aliphatic rings. The van der Waals surface area contributed by atoms with Crippen molar-refractivity contribution in [3.05, 3.63) is 0 Å². The smallest absolute Gasteiger partial charge is 0.471 e. The zero-order chi connectivity index (χ0) is 14.3. The van der Waals surface area contributed by atoms with Gasteiger partial charge in [-0.25, -0.2) is 0 Å². The molecule has 1 spiro atoms. The minimum atomic E-state index is -4.83. The van der Waals surface area contributed by atoms with E-state index in [0.29, 0.717) is 12.8 Å². The van der Waals surface area contributed by atoms with Crippen molar-refractivity contribution in [2.75, 3.05) is 19.7 Å². The summed E-state index contributed by atoms with van der Waals surface area (Å²) in [6.07, 6.45) is -4.22. The second kappa shape index (κ2) is 4.66. The highest BCUT2D eigenvalue weighted by Gasteiger charge is 2.53. The van der Waals surface area contributed by atoms with E-state index in [-0.39, 0.29) is 32.2 Å². The van der Waals surface area contributed by atoms with Crippen molar-refractivity contribution >= 4 is 11.9 Å². The normalized spacial score (nSPS) is 26.1. The van der Waals surface area contributed by atoms with Gasteiger partial charge in [-0.05, 0) is 12.8 Å². The summed E-state index contributed by atoms with van der Waals surface area (Å²) in [5, 5.41) is 8.61. The van der Waals surface area contributed by atoms with Crippen molar-refractivity contribution in [1.29, 1.82) is 0 Å². The fourth-order valence-corrected chi connectivity index (χ4v) is 2.61. The average molecular weight is 281 g/mol. The van der Waals surface area contributed by atoms with Gasteiger partial charge < -0.3 is 14.7 Å². The molecule has 2 rings (SSSR count). The number of hydrogen-bond donors (Lipinski definition) is 1. The van der Waals surface area contributed by atoms with Gasteiger partial charge in [-0.1, -0.05) is 0 Å². The van der Waals surface area contributed by atoms with Crippen molar-refractivity contribution < 1.29 is 32.6 Å². The van der Waals surface area contributed by atoms with Crippen LogP contribution in [0.2, 0.25) is 0 Å². The quantitative estimate of drug-likeness (QED) is 0.821. The van der Waals surface area contributed by atoms with Gasteiger partial charge in [0.15, 0.2) is 0 Å². The Labute approximate surface area is 107 Å². The number of aliphatic carboxylic acids is 1. The highest BCUT2D eigenvalue weighted by molar-refractivity contribution is 5.82. The molecule has 2 heterocycles. The number of alkyl halides is 3. The second-order valence-electron chi connectivity index (χ2n) is 5.23. The number of carboxylic acid groups (broad SMARTS) is 1. The van der Waals surface area contributed by atoms with E-state index in [1.807, 2.05) is 0 Å². The van der Waals surface area contributed by atoms with Crippen LogP contribution in [0.15, 0.2) is 0 Å². The van der Waals surface area contributed by atoms with Crippen molar-refractivity contribution in [1.82, 2.24) is 4.90 Å². The number of rotatable bonds is 2. The van der Waals surface area contributed by atoms with Crippen LogP contribution in [0.1, 0.15) is 19.3 Å². The predicted molar refractivity (Wildman–Crippen MR) is 56.3 cm³/mol. The topological polar surface area (TPSA) is 66.8 Å². The molecule has 5 nitrogen and oxygen atoms in total. The van der Waals surface area contributed by atoms with Gasteiger partial charge in [-0.15, -0.1) is 0 Å². The van der Waals surface area contributed by atoms with Crippen molar-refractivity contribution in [3.63, 3.8) is 0 Å². The standard InChI is InChI=1S/C11H14F3NO4/c12-11(13,14)9(18)15-4-10(5-15)2-1-7(19-6-10)3-8(16)17/h7H,1-6H2,(H,16,17). The lowest BCUT2D eigenvalue weighted by molar-refractivity contribution is -0.205. The first kappa shape index (κ1) is 14.1. The third-order valence-corrected chi connectivity index (χ3v) is 3.61. The predicted octanol–water partition coefficient (Wildman–Crippen LogP) is 1.03. The molecule has 0 aliphatic carbocycles. The van der Waals surface area contributed by atoms with E-state index in [2.05, 4.69) is 0 Å². The SMILES string of the molecule is O=C(O)CC1CCC2(CO1)CN(C(=O)C(F)(F)F)C2. The van der Waals surface area contributed by atoms with E-state index >= 15 is 0 Å². The highest BCUT2D eigenvalue weighted by atomic mass is 19.4. The lowest BCUT2D eigenvalue weighted by atomic mass is 9.74. The number of carbonyl (C=O) groups excluding carboxylic acids is 1. The maximum absolute atomic E-state index is 12.2. The van der Waals surface area contributed by atoms with Crippen LogP contribution in [-0.2, 0) is 14.3 Å². The first-order valence-electron chi connectivity index (χ1n) is 5.91. The molecule has 0 aromatic rings. The Hall–Kier alpha value is -1.31. The molecule has 0 saturated carbocycles. The van der Waals surface area contributed by atoms with Gasteiger partial charge in [0.05, 0.1) is 19.1 Å². The van der Waals surface area contributed by atoms with Crippen LogP contribution in [0.3, 0.4) is 0 Å². The fourth-order valence-electron chi connectivity index (χ4n) is 2.61. The molecule has 8 heteroatoms. The summed E-state index contributed by atoms with van der Waals surface area (Å²) in [5.41, 5.74) is -0.421. The van der Waals surface area contributed by atoms with E-state index in [1.54, 1.807) is 0 Å². The summed E-state index contributed by atoms with van der Waals surface area (Å²) in [5.74, 6) is -2.77. The van der Waals surface area contributed by atoms with Crippen molar-refractivity contribution in [3.8, 4) is 0 Å². The molecule has 2 saturated heterocycles. The summed E-state index contributed by atoms with van der Waals surface area (Å²) >= 11 is 0. The average Bonchev–Trinajstić information content (AvgIpc) is 2.24. The number of likely N-dealkylation sites (tertiary alicyclic amines) is 1. The van der Waals surface area contributed by atoms with Crippen LogP contribution in [-0.4, -0.2) is 53.9 Å². The molecule has 1 amide bonds. The van der Waals surface area contributed by atoms with Gasteiger partial charge in [-0.3, -0.25) is 9.59 Å². The summed E-state index contributed by atoms with van der Waals surface area (Å²) < 4.78 is 41.9. The second-order valence-corrected chi connectivity index (χ2v) is 5.23. The maximum Gasteiger partial charge on any atom is 0.471 e. The van der Waals surface area contributed by atoms with Gasteiger partial charge in [0.25, 0.3) is 0 Å². The molecule has 2 aliphatic heterocycles. The molecule has 0 bridgehead atoms. The lowest BCUT2D eigenvalue weighted by Crippen LogP contribution is -2.64. The minimum absolute atomic E-state index is 0.0329. The lowest BCUT2D eigenvalue weighted by Gasteiger charge is -2.52. The van der Waals surface area contributed by atoms with E-state index < -0.39 is 23.5 Å². The van der Waals surface area contributed by atoms with E-state index in [9.17, 15) is 22.8 Å². The Bertz CT molecular complexity index is 380. The first-order chi connectivity index (χ1) is 8.72. The summed E-state index contributed by atoms with van der Waals surface area (Å²) in [6.45, 7) is 0.281. The highest BCUT2D eigenvalue weighted by Crippen LogP contribution is 2.41. The van der Waals surface area contributed by atoms with Gasteiger partial charge in [0, 0.05) is 18.5 Å². The van der Waals surface area contributed by atoms with E-state index in [4.69, 9.17) is 9.84 Å². The summed E-state index contributed by atoms with van der Waals surface area (Å²) in [7, 11) is 0. The number of ether oxygens (including phenoxy) is 1. The molecule has 1 N–H and O–H groups in total. The van der Waals surface area contributed by atoms with Gasteiger partial charge in [0.1, 0.15) is 0 Å². The number of carbonyl (C=O) groups is 2. The van der Waals surface area contributed by atoms with Crippen LogP contribution in [0.25, 0.3) is 0 Å². The van der Waals surface area contributed by atoms with E-state index in [1.165, 1.54) is 0 Å². The van der Waals surface area contributed by atoms with Crippen LogP contribution in [0.4, 0.5) is 13.2 Å². The number of amides is 1. The number of carboxylic acids is 1. The van der Waals surface area contributed by atoms with Gasteiger partial charge >= 0.3 is 18.1 Å². The van der Waals surface area contributed by atoms with Crippen LogP contribution in [0, 0.1) is 5.41 Å². The number of halogens is 3. The van der Waals surface area contributed by atoms with Crippen LogP contribution in [0.5, 0.6) is 0 Å². The Balaban J connectivity index is 1.81.